The molecule has 0 bridgehead atoms. The van der Waals surface area contributed by atoms with Gasteiger partial charge in [-0.2, -0.15) is 0 Å². The zero-order valence-corrected chi connectivity index (χ0v) is 12.9. The van der Waals surface area contributed by atoms with Crippen molar-refractivity contribution in [3.8, 4) is 5.75 Å². The predicted octanol–water partition coefficient (Wildman–Crippen LogP) is 1.69. The first-order chi connectivity index (χ1) is 9.86. The number of nitrogens with zero attached hydrogens (tertiary/aromatic N) is 1. The summed E-state index contributed by atoms with van der Waals surface area (Å²) in [5, 5.41) is 0. The molecule has 2 N–H and O–H groups in total. The molecule has 0 aliphatic rings. The molecular formula is C15H22N2O4. The summed E-state index contributed by atoms with van der Waals surface area (Å²) in [6, 6.07) is 4.69. The zero-order valence-electron chi connectivity index (χ0n) is 12.9. The van der Waals surface area contributed by atoms with Crippen molar-refractivity contribution in [2.75, 3.05) is 26.0 Å². The molecule has 1 aromatic carbocycles. The van der Waals surface area contributed by atoms with Crippen LogP contribution in [0.2, 0.25) is 0 Å². The van der Waals surface area contributed by atoms with Crippen LogP contribution in [0, 0.1) is 0 Å². The molecule has 0 spiro atoms. The van der Waals surface area contributed by atoms with Crippen LogP contribution in [0.3, 0.4) is 0 Å². The molecule has 21 heavy (non-hydrogen) atoms. The number of nitrogen functional groups attached to an aromatic ring is 1. The van der Waals surface area contributed by atoms with Crippen molar-refractivity contribution >= 4 is 17.6 Å². The summed E-state index contributed by atoms with van der Waals surface area (Å²) in [4.78, 5) is 25.1. The van der Waals surface area contributed by atoms with E-state index in [9.17, 15) is 9.59 Å². The Labute approximate surface area is 124 Å². The van der Waals surface area contributed by atoms with Crippen LogP contribution in [0.15, 0.2) is 18.2 Å². The van der Waals surface area contributed by atoms with Gasteiger partial charge in [0.2, 0.25) is 0 Å². The molecule has 116 valence electrons. The third-order valence-corrected chi connectivity index (χ3v) is 3.04. The van der Waals surface area contributed by atoms with E-state index in [0.717, 1.165) is 0 Å². The number of ether oxygens (including phenoxy) is 2. The molecule has 0 saturated heterocycles. The van der Waals surface area contributed by atoms with Crippen LogP contribution in [-0.4, -0.2) is 43.1 Å². The molecule has 0 heterocycles. The highest BCUT2D eigenvalue weighted by molar-refractivity contribution is 5.92. The third-order valence-electron chi connectivity index (χ3n) is 3.04. The van der Waals surface area contributed by atoms with Crippen LogP contribution in [-0.2, 0) is 9.53 Å². The number of anilines is 1. The number of likely N-dealkylation sites (N-methyl/N-ethyl adjacent to an activating group) is 1. The van der Waals surface area contributed by atoms with E-state index in [4.69, 9.17) is 15.2 Å². The summed E-state index contributed by atoms with van der Waals surface area (Å²) in [7, 11) is 1.66. The summed E-state index contributed by atoms with van der Waals surface area (Å²) in [6.07, 6.45) is 0. The van der Waals surface area contributed by atoms with Crippen LogP contribution in [0.5, 0.6) is 5.75 Å². The van der Waals surface area contributed by atoms with Crippen LogP contribution in [0.25, 0.3) is 0 Å². The number of hydrogen-bond acceptors (Lipinski definition) is 5. The van der Waals surface area contributed by atoms with E-state index in [2.05, 4.69) is 0 Å². The smallest absolute Gasteiger partial charge is 0.338 e. The number of carbonyl (C=O) groups excluding carboxylic acids is 2. The first-order valence-electron chi connectivity index (χ1n) is 6.81. The van der Waals surface area contributed by atoms with Crippen LogP contribution < -0.4 is 10.5 Å². The lowest BCUT2D eigenvalue weighted by atomic mass is 10.2. The number of carbonyl (C=O) groups is 2. The number of benzene rings is 1. The van der Waals surface area contributed by atoms with Crippen molar-refractivity contribution in [2.45, 2.75) is 26.8 Å². The minimum absolute atomic E-state index is 0.0531. The minimum atomic E-state index is -0.588. The van der Waals surface area contributed by atoms with Gasteiger partial charge in [0.25, 0.3) is 5.91 Å². The Hall–Kier alpha value is -2.24. The summed E-state index contributed by atoms with van der Waals surface area (Å²) < 4.78 is 10.3. The maximum atomic E-state index is 11.9. The SMILES string of the molecule is CCOc1ccc(C(=O)OCC(=O)N(C)C(C)C)cc1N. The van der Waals surface area contributed by atoms with Gasteiger partial charge >= 0.3 is 5.97 Å². The first kappa shape index (κ1) is 16.8. The molecule has 0 atom stereocenters. The van der Waals surface area contributed by atoms with Gasteiger partial charge in [-0.3, -0.25) is 4.79 Å². The van der Waals surface area contributed by atoms with Crippen molar-refractivity contribution in [3.63, 3.8) is 0 Å². The summed E-state index contributed by atoms with van der Waals surface area (Å²) in [6.45, 7) is 5.81. The van der Waals surface area contributed by atoms with Crippen molar-refractivity contribution < 1.29 is 19.1 Å². The van der Waals surface area contributed by atoms with E-state index in [1.165, 1.54) is 11.0 Å². The van der Waals surface area contributed by atoms with Crippen LogP contribution >= 0.6 is 0 Å². The average molecular weight is 294 g/mol. The van der Waals surface area contributed by atoms with Gasteiger partial charge in [0.1, 0.15) is 5.75 Å². The van der Waals surface area contributed by atoms with Gasteiger partial charge in [0.05, 0.1) is 17.9 Å². The van der Waals surface area contributed by atoms with Gasteiger partial charge in [-0.1, -0.05) is 0 Å². The number of nitrogens with two attached hydrogens (primary N) is 1. The fourth-order valence-corrected chi connectivity index (χ4v) is 1.56. The summed E-state index contributed by atoms with van der Waals surface area (Å²) in [5.41, 5.74) is 6.43. The van der Waals surface area contributed by atoms with Crippen molar-refractivity contribution in [2.24, 2.45) is 0 Å². The van der Waals surface area contributed by atoms with Gasteiger partial charge in [-0.15, -0.1) is 0 Å². The molecule has 6 nitrogen and oxygen atoms in total. The Balaban J connectivity index is 2.64. The maximum Gasteiger partial charge on any atom is 0.338 e. The third kappa shape index (κ3) is 4.66. The Morgan fingerprint density at radius 2 is 2.00 bits per heavy atom. The van der Waals surface area contributed by atoms with Gasteiger partial charge in [-0.25, -0.2) is 4.79 Å². The lowest BCUT2D eigenvalue weighted by Crippen LogP contribution is -2.36. The molecule has 0 aliphatic carbocycles. The molecule has 1 aromatic rings. The number of rotatable bonds is 6. The highest BCUT2D eigenvalue weighted by Gasteiger charge is 2.16. The van der Waals surface area contributed by atoms with Crippen LogP contribution in [0.4, 0.5) is 5.69 Å². The molecule has 0 fully saturated rings. The van der Waals surface area contributed by atoms with E-state index < -0.39 is 5.97 Å². The zero-order chi connectivity index (χ0) is 16.0. The van der Waals surface area contributed by atoms with Crippen LogP contribution in [0.1, 0.15) is 31.1 Å². The van der Waals surface area contributed by atoms with Crippen molar-refractivity contribution in [1.29, 1.82) is 0 Å². The quantitative estimate of drug-likeness (QED) is 0.638. The standard InChI is InChI=1S/C15H22N2O4/c1-5-20-13-7-6-11(8-12(13)16)15(19)21-9-14(18)17(4)10(2)3/h6-8,10H,5,9,16H2,1-4H3. The Bertz CT molecular complexity index is 514. The fraction of sp³-hybridized carbons (Fsp3) is 0.467. The molecule has 1 amide bonds. The highest BCUT2D eigenvalue weighted by Crippen LogP contribution is 2.22. The lowest BCUT2D eigenvalue weighted by molar-refractivity contribution is -0.134. The average Bonchev–Trinajstić information content (AvgIpc) is 2.45. The van der Waals surface area contributed by atoms with Gasteiger partial charge in [-0.05, 0) is 39.0 Å². The topological polar surface area (TPSA) is 81.9 Å². The van der Waals surface area contributed by atoms with E-state index >= 15 is 0 Å². The molecule has 0 unspecified atom stereocenters. The molecule has 0 aliphatic heterocycles. The van der Waals surface area contributed by atoms with Gasteiger partial charge in [0, 0.05) is 13.1 Å². The normalized spacial score (nSPS) is 10.3. The summed E-state index contributed by atoms with van der Waals surface area (Å²) in [5.74, 6) is -0.322. The van der Waals surface area contributed by atoms with Gasteiger partial charge in [0.15, 0.2) is 6.61 Å². The van der Waals surface area contributed by atoms with Gasteiger partial charge < -0.3 is 20.1 Å². The molecule has 1 rings (SSSR count). The number of esters is 1. The Kier molecular flexibility index (Phi) is 6.02. The molecule has 0 aromatic heterocycles. The molecule has 0 radical (unpaired) electrons. The lowest BCUT2D eigenvalue weighted by Gasteiger charge is -2.21. The number of amides is 1. The van der Waals surface area contributed by atoms with E-state index in [0.29, 0.717) is 18.0 Å². The second-order valence-corrected chi connectivity index (χ2v) is 4.86. The molecule has 0 saturated carbocycles. The highest BCUT2D eigenvalue weighted by atomic mass is 16.5. The van der Waals surface area contributed by atoms with E-state index in [-0.39, 0.29) is 24.1 Å². The summed E-state index contributed by atoms with van der Waals surface area (Å²) >= 11 is 0. The molecule has 6 heteroatoms. The second-order valence-electron chi connectivity index (χ2n) is 4.86. The fourth-order valence-electron chi connectivity index (χ4n) is 1.56. The first-order valence-corrected chi connectivity index (χ1v) is 6.81. The molecular weight excluding hydrogens is 272 g/mol. The largest absolute Gasteiger partial charge is 0.492 e. The number of hydrogen-bond donors (Lipinski definition) is 1. The van der Waals surface area contributed by atoms with E-state index in [1.54, 1.807) is 19.2 Å². The maximum absolute atomic E-state index is 11.9. The predicted molar refractivity (Wildman–Crippen MR) is 80.2 cm³/mol. The van der Waals surface area contributed by atoms with Crippen molar-refractivity contribution in [3.05, 3.63) is 23.8 Å². The monoisotopic (exact) mass is 294 g/mol. The van der Waals surface area contributed by atoms with Crippen molar-refractivity contribution in [1.82, 2.24) is 4.90 Å². The van der Waals surface area contributed by atoms with E-state index in [1.807, 2.05) is 20.8 Å². The minimum Gasteiger partial charge on any atom is -0.492 e. The Morgan fingerprint density at radius 3 is 2.52 bits per heavy atom. The Morgan fingerprint density at radius 1 is 1.33 bits per heavy atom. The second kappa shape index (κ2) is 7.52.